The Labute approximate surface area is 135 Å². The quantitative estimate of drug-likeness (QED) is 0.566. The van der Waals surface area contributed by atoms with Gasteiger partial charge in [-0.15, -0.1) is 11.6 Å². The fraction of sp³-hybridized carbons (Fsp3) is 0.294. The number of halogens is 3. The van der Waals surface area contributed by atoms with Gasteiger partial charge >= 0.3 is 0 Å². The normalized spacial score (nSPS) is 12.4. The van der Waals surface area contributed by atoms with Crippen molar-refractivity contribution < 1.29 is 0 Å². The molecular weight excluding hydrogens is 311 g/mol. The number of benzene rings is 2. The predicted octanol–water partition coefficient (Wildman–Crippen LogP) is 6.45. The van der Waals surface area contributed by atoms with Crippen LogP contribution in [0.15, 0.2) is 36.4 Å². The van der Waals surface area contributed by atoms with E-state index in [1.165, 1.54) is 11.1 Å². The van der Waals surface area contributed by atoms with E-state index in [0.717, 1.165) is 24.0 Å². The van der Waals surface area contributed by atoms with Gasteiger partial charge < -0.3 is 0 Å². The second-order valence-corrected chi connectivity index (χ2v) is 5.98. The van der Waals surface area contributed by atoms with Crippen LogP contribution in [0.3, 0.4) is 0 Å². The predicted molar refractivity (Wildman–Crippen MR) is 89.4 cm³/mol. The fourth-order valence-electron chi connectivity index (χ4n) is 2.40. The molecule has 0 spiro atoms. The molecule has 0 aliphatic rings. The second-order valence-electron chi connectivity index (χ2n) is 4.73. The Morgan fingerprint density at radius 3 is 2.05 bits per heavy atom. The van der Waals surface area contributed by atoms with Gasteiger partial charge in [0.2, 0.25) is 0 Å². The van der Waals surface area contributed by atoms with Crippen LogP contribution < -0.4 is 0 Å². The van der Waals surface area contributed by atoms with Crippen molar-refractivity contribution in [3.8, 4) is 0 Å². The van der Waals surface area contributed by atoms with Crippen molar-refractivity contribution in [2.24, 2.45) is 0 Å². The maximum Gasteiger partial charge on any atom is 0.0864 e. The second kappa shape index (κ2) is 6.85. The molecule has 2 aromatic rings. The largest absolute Gasteiger partial charge is 0.112 e. The summed E-state index contributed by atoms with van der Waals surface area (Å²) in [7, 11) is 0. The number of alkyl halides is 1. The average molecular weight is 328 g/mol. The first-order valence-electron chi connectivity index (χ1n) is 6.78. The van der Waals surface area contributed by atoms with Crippen molar-refractivity contribution in [2.75, 3.05) is 0 Å². The van der Waals surface area contributed by atoms with E-state index in [1.54, 1.807) is 0 Å². The molecule has 3 heteroatoms. The van der Waals surface area contributed by atoms with Crippen LogP contribution in [0, 0.1) is 0 Å². The van der Waals surface area contributed by atoms with Crippen molar-refractivity contribution in [1.29, 1.82) is 0 Å². The lowest BCUT2D eigenvalue weighted by Crippen LogP contribution is -1.99. The molecule has 0 aliphatic heterocycles. The van der Waals surface area contributed by atoms with Gasteiger partial charge in [-0.2, -0.15) is 0 Å². The highest BCUT2D eigenvalue weighted by Crippen LogP contribution is 2.38. The first-order valence-corrected chi connectivity index (χ1v) is 7.97. The lowest BCUT2D eigenvalue weighted by Gasteiger charge is -2.16. The third-order valence-electron chi connectivity index (χ3n) is 3.54. The molecule has 1 atom stereocenters. The van der Waals surface area contributed by atoms with Crippen LogP contribution in [0.2, 0.25) is 10.0 Å². The maximum atomic E-state index is 6.60. The van der Waals surface area contributed by atoms with Gasteiger partial charge in [-0.25, -0.2) is 0 Å². The molecule has 106 valence electrons. The molecule has 0 bridgehead atoms. The van der Waals surface area contributed by atoms with Crippen LogP contribution >= 0.6 is 34.8 Å². The number of aryl methyl sites for hydroxylation is 2. The van der Waals surface area contributed by atoms with Crippen LogP contribution in [0.1, 0.15) is 41.5 Å². The Morgan fingerprint density at radius 2 is 1.50 bits per heavy atom. The molecule has 1 unspecified atom stereocenters. The lowest BCUT2D eigenvalue weighted by molar-refractivity contribution is 1.02. The van der Waals surface area contributed by atoms with Crippen LogP contribution in [0.25, 0.3) is 0 Å². The standard InChI is InChI=1S/C17H17Cl3/c1-3-11-8-9-13(10-12(11)4-2)17(20)16-14(18)6-5-7-15(16)19/h5-10,17H,3-4H2,1-2H3. The molecule has 0 heterocycles. The lowest BCUT2D eigenvalue weighted by atomic mass is 9.96. The van der Waals surface area contributed by atoms with Crippen LogP contribution in [-0.2, 0) is 12.8 Å². The Balaban J connectivity index is 2.46. The summed E-state index contributed by atoms with van der Waals surface area (Å²) >= 11 is 19.1. The number of hydrogen-bond donors (Lipinski definition) is 0. The highest BCUT2D eigenvalue weighted by molar-refractivity contribution is 6.38. The van der Waals surface area contributed by atoms with Gasteiger partial charge in [0.25, 0.3) is 0 Å². The van der Waals surface area contributed by atoms with Gasteiger partial charge in [0.1, 0.15) is 0 Å². The maximum absolute atomic E-state index is 6.60. The van der Waals surface area contributed by atoms with Crippen LogP contribution in [0.4, 0.5) is 0 Å². The van der Waals surface area contributed by atoms with E-state index in [1.807, 2.05) is 18.2 Å². The highest BCUT2D eigenvalue weighted by atomic mass is 35.5. The number of hydrogen-bond acceptors (Lipinski definition) is 0. The van der Waals surface area contributed by atoms with E-state index in [2.05, 4.69) is 32.0 Å². The Bertz CT molecular complexity index is 585. The fourth-order valence-corrected chi connectivity index (χ4v) is 3.50. The molecule has 0 radical (unpaired) electrons. The smallest absolute Gasteiger partial charge is 0.0864 e. The van der Waals surface area contributed by atoms with E-state index in [9.17, 15) is 0 Å². The van der Waals surface area contributed by atoms with Gasteiger partial charge in [0, 0.05) is 15.6 Å². The van der Waals surface area contributed by atoms with E-state index < -0.39 is 0 Å². The van der Waals surface area contributed by atoms with Gasteiger partial charge in [-0.1, -0.05) is 61.3 Å². The molecule has 0 aliphatic carbocycles. The SMILES string of the molecule is CCc1ccc(C(Cl)c2c(Cl)cccc2Cl)cc1CC. The van der Waals surface area contributed by atoms with Crippen LogP contribution in [-0.4, -0.2) is 0 Å². The molecule has 0 N–H and O–H groups in total. The summed E-state index contributed by atoms with van der Waals surface area (Å²) in [6, 6.07) is 11.8. The zero-order valence-electron chi connectivity index (χ0n) is 11.6. The van der Waals surface area contributed by atoms with Crippen molar-refractivity contribution >= 4 is 34.8 Å². The molecule has 2 rings (SSSR count). The molecule has 0 amide bonds. The number of rotatable bonds is 4. The third-order valence-corrected chi connectivity index (χ3v) is 4.67. The summed E-state index contributed by atoms with van der Waals surface area (Å²) in [4.78, 5) is 0. The molecule has 0 saturated carbocycles. The summed E-state index contributed by atoms with van der Waals surface area (Å²) < 4.78 is 0. The molecular formula is C17H17Cl3. The Morgan fingerprint density at radius 1 is 0.900 bits per heavy atom. The third kappa shape index (κ3) is 3.14. The molecule has 0 nitrogen and oxygen atoms in total. The van der Waals surface area contributed by atoms with Crippen molar-refractivity contribution in [3.63, 3.8) is 0 Å². The summed E-state index contributed by atoms with van der Waals surface area (Å²) in [5.41, 5.74) is 4.52. The monoisotopic (exact) mass is 326 g/mol. The van der Waals surface area contributed by atoms with Gasteiger partial charge in [-0.05, 0) is 41.7 Å². The zero-order valence-corrected chi connectivity index (χ0v) is 13.9. The molecule has 2 aromatic carbocycles. The van der Waals surface area contributed by atoms with E-state index in [-0.39, 0.29) is 5.38 Å². The van der Waals surface area contributed by atoms with Gasteiger partial charge in [-0.3, -0.25) is 0 Å². The molecule has 0 aromatic heterocycles. The van der Waals surface area contributed by atoms with Gasteiger partial charge in [0.15, 0.2) is 0 Å². The minimum Gasteiger partial charge on any atom is -0.112 e. The summed E-state index contributed by atoms with van der Waals surface area (Å²) in [6.45, 7) is 4.32. The Hall–Kier alpha value is -0.690. The summed E-state index contributed by atoms with van der Waals surface area (Å²) in [5, 5.41) is 0.887. The topological polar surface area (TPSA) is 0 Å². The molecule has 20 heavy (non-hydrogen) atoms. The first kappa shape index (κ1) is 15.7. The first-order chi connectivity index (χ1) is 9.58. The van der Waals surface area contributed by atoms with E-state index in [0.29, 0.717) is 10.0 Å². The van der Waals surface area contributed by atoms with Crippen molar-refractivity contribution in [2.45, 2.75) is 32.1 Å². The minimum absolute atomic E-state index is 0.326. The van der Waals surface area contributed by atoms with E-state index >= 15 is 0 Å². The average Bonchev–Trinajstić information content (AvgIpc) is 2.46. The van der Waals surface area contributed by atoms with Crippen LogP contribution in [0.5, 0.6) is 0 Å². The summed E-state index contributed by atoms with van der Waals surface area (Å²) in [6.07, 6.45) is 2.03. The van der Waals surface area contributed by atoms with Gasteiger partial charge in [0.05, 0.1) is 5.38 Å². The minimum atomic E-state index is -0.326. The van der Waals surface area contributed by atoms with E-state index in [4.69, 9.17) is 34.8 Å². The highest BCUT2D eigenvalue weighted by Gasteiger charge is 2.18. The van der Waals surface area contributed by atoms with Crippen molar-refractivity contribution in [3.05, 3.63) is 68.7 Å². The summed E-state index contributed by atoms with van der Waals surface area (Å²) in [5.74, 6) is 0. The molecule has 0 fully saturated rings. The molecule has 0 saturated heterocycles. The Kier molecular flexibility index (Phi) is 5.37. The van der Waals surface area contributed by atoms with Crippen molar-refractivity contribution in [1.82, 2.24) is 0 Å². The zero-order chi connectivity index (χ0) is 14.7.